The van der Waals surface area contributed by atoms with Crippen LogP contribution in [0.2, 0.25) is 0 Å². The van der Waals surface area contributed by atoms with Gasteiger partial charge in [-0.25, -0.2) is 4.79 Å². The van der Waals surface area contributed by atoms with Gasteiger partial charge < -0.3 is 14.2 Å². The molecule has 1 rings (SSSR count). The van der Waals surface area contributed by atoms with E-state index in [-0.39, 0.29) is 12.6 Å². The van der Waals surface area contributed by atoms with Crippen molar-refractivity contribution in [3.05, 3.63) is 35.9 Å². The molecule has 0 fully saturated rings. The zero-order chi connectivity index (χ0) is 14.6. The molecule has 0 aliphatic rings. The maximum Gasteiger partial charge on any atom is 0.330 e. The van der Waals surface area contributed by atoms with E-state index in [2.05, 4.69) is 3.53 Å². The van der Waals surface area contributed by atoms with Crippen LogP contribution in [0.25, 0.3) is 6.08 Å². The molecule has 6 heteroatoms. The summed E-state index contributed by atoms with van der Waals surface area (Å²) in [5.41, 5.74) is 0.909. The average Bonchev–Trinajstić information content (AvgIpc) is 2.49. The molecule has 0 bridgehead atoms. The highest BCUT2D eigenvalue weighted by Crippen LogP contribution is 2.12. The molecule has 0 heterocycles. The number of hydrogen-bond acceptors (Lipinski definition) is 5. The number of carbonyl (C=O) groups is 1. The predicted molar refractivity (Wildman–Crippen MR) is 85.8 cm³/mol. The first-order chi connectivity index (χ1) is 9.76. The van der Waals surface area contributed by atoms with Crippen molar-refractivity contribution < 1.29 is 19.0 Å². The van der Waals surface area contributed by atoms with E-state index in [9.17, 15) is 4.79 Å². The molecule has 0 spiro atoms. The van der Waals surface area contributed by atoms with Crippen molar-refractivity contribution in [3.63, 3.8) is 0 Å². The summed E-state index contributed by atoms with van der Waals surface area (Å²) in [7, 11) is 1.61. The van der Waals surface area contributed by atoms with E-state index in [1.165, 1.54) is 6.08 Å². The lowest BCUT2D eigenvalue weighted by molar-refractivity contribution is -0.139. The van der Waals surface area contributed by atoms with E-state index in [1.807, 2.05) is 47.1 Å². The number of nitrogens with one attached hydrogen (secondary N) is 1. The minimum Gasteiger partial charge on any atom is -0.497 e. The van der Waals surface area contributed by atoms with Gasteiger partial charge in [-0.3, -0.25) is 3.53 Å². The highest BCUT2D eigenvalue weighted by Gasteiger charge is 1.97. The molecule has 0 atom stereocenters. The molecule has 5 nitrogen and oxygen atoms in total. The second kappa shape index (κ2) is 10.6. The van der Waals surface area contributed by atoms with Gasteiger partial charge in [-0.1, -0.05) is 12.1 Å². The third-order valence-electron chi connectivity index (χ3n) is 2.34. The Balaban J connectivity index is 2.22. The number of rotatable bonds is 9. The van der Waals surface area contributed by atoms with E-state index in [0.717, 1.165) is 17.9 Å². The second-order valence-corrected chi connectivity index (χ2v) is 4.53. The molecule has 0 amide bonds. The lowest BCUT2D eigenvalue weighted by Gasteiger charge is -2.03. The van der Waals surface area contributed by atoms with Gasteiger partial charge in [-0.15, -0.1) is 0 Å². The van der Waals surface area contributed by atoms with Crippen molar-refractivity contribution in [2.24, 2.45) is 0 Å². The molecule has 0 saturated carbocycles. The summed E-state index contributed by atoms with van der Waals surface area (Å²) in [6.45, 7) is 2.03. The monoisotopic (exact) mass is 391 g/mol. The van der Waals surface area contributed by atoms with E-state index >= 15 is 0 Å². The number of benzene rings is 1. The Bertz CT molecular complexity index is 420. The number of carbonyl (C=O) groups excluding carboxylic acids is 1. The highest BCUT2D eigenvalue weighted by molar-refractivity contribution is 14.1. The van der Waals surface area contributed by atoms with Gasteiger partial charge in [0.1, 0.15) is 12.4 Å². The van der Waals surface area contributed by atoms with Crippen molar-refractivity contribution in [2.75, 3.05) is 33.5 Å². The minimum atomic E-state index is -0.378. The molecule has 1 N–H and O–H groups in total. The predicted octanol–water partition coefficient (Wildman–Crippen LogP) is 2.21. The summed E-state index contributed by atoms with van der Waals surface area (Å²) in [5.74, 6) is 0.402. The molecule has 110 valence electrons. The van der Waals surface area contributed by atoms with E-state index < -0.39 is 0 Å². The zero-order valence-electron chi connectivity index (χ0n) is 11.3. The summed E-state index contributed by atoms with van der Waals surface area (Å²) in [5, 5.41) is 0. The largest absolute Gasteiger partial charge is 0.497 e. The molecule has 20 heavy (non-hydrogen) atoms. The minimum absolute atomic E-state index is 0.257. The first kappa shape index (κ1) is 16.9. The maximum atomic E-state index is 11.4. The van der Waals surface area contributed by atoms with Crippen LogP contribution in [-0.2, 0) is 14.3 Å². The molecule has 0 saturated heterocycles. The van der Waals surface area contributed by atoms with Crippen LogP contribution in [0.5, 0.6) is 5.75 Å². The van der Waals surface area contributed by atoms with Crippen LogP contribution < -0.4 is 8.27 Å². The summed E-state index contributed by atoms with van der Waals surface area (Å²) in [6.07, 6.45) is 3.09. The average molecular weight is 391 g/mol. The SMILES string of the molecule is COc1ccc(/C=C/C(=O)OCCOCCNI)cc1. The Hall–Kier alpha value is -1.12. The molecule has 0 unspecified atom stereocenters. The van der Waals surface area contributed by atoms with E-state index in [0.29, 0.717) is 13.2 Å². The summed E-state index contributed by atoms with van der Waals surface area (Å²) in [6, 6.07) is 7.39. The summed E-state index contributed by atoms with van der Waals surface area (Å²) >= 11 is 2.05. The van der Waals surface area contributed by atoms with Crippen molar-refractivity contribution in [3.8, 4) is 5.75 Å². The van der Waals surface area contributed by atoms with Crippen LogP contribution in [0.3, 0.4) is 0 Å². The zero-order valence-corrected chi connectivity index (χ0v) is 13.5. The van der Waals surface area contributed by atoms with Gasteiger partial charge in [-0.05, 0) is 23.8 Å². The molecule has 0 aromatic heterocycles. The Morgan fingerprint density at radius 1 is 1.25 bits per heavy atom. The standard InChI is InChI=1S/C14H18INO4/c1-18-13-5-2-12(3-6-13)4-7-14(17)20-11-10-19-9-8-16-15/h2-7,16H,8-11H2,1H3/b7-4+. The molecular formula is C14H18INO4. The number of esters is 1. The van der Waals surface area contributed by atoms with Crippen molar-refractivity contribution in [1.29, 1.82) is 0 Å². The van der Waals surface area contributed by atoms with Crippen molar-refractivity contribution in [2.45, 2.75) is 0 Å². The number of ether oxygens (including phenoxy) is 3. The Kier molecular flexibility index (Phi) is 9.01. The number of methoxy groups -OCH3 is 1. The fourth-order valence-electron chi connectivity index (χ4n) is 1.34. The highest BCUT2D eigenvalue weighted by atomic mass is 127. The van der Waals surface area contributed by atoms with E-state index in [4.69, 9.17) is 14.2 Å². The van der Waals surface area contributed by atoms with Crippen LogP contribution in [0.4, 0.5) is 0 Å². The van der Waals surface area contributed by atoms with Gasteiger partial charge in [0.2, 0.25) is 0 Å². The molecule has 1 aromatic carbocycles. The Labute approximate surface area is 132 Å². The smallest absolute Gasteiger partial charge is 0.330 e. The first-order valence-corrected chi connectivity index (χ1v) is 7.24. The van der Waals surface area contributed by atoms with Gasteiger partial charge in [-0.2, -0.15) is 0 Å². The lowest BCUT2D eigenvalue weighted by atomic mass is 10.2. The molecule has 0 aliphatic heterocycles. The number of halogens is 1. The fourth-order valence-corrected chi connectivity index (χ4v) is 1.56. The molecule has 1 aromatic rings. The molecular weight excluding hydrogens is 373 g/mol. The van der Waals surface area contributed by atoms with E-state index in [1.54, 1.807) is 13.2 Å². The van der Waals surface area contributed by atoms with Crippen LogP contribution in [-0.4, -0.2) is 39.4 Å². The quantitative estimate of drug-likeness (QED) is 0.230. The second-order valence-electron chi connectivity index (χ2n) is 3.77. The van der Waals surface area contributed by atoms with Crippen LogP contribution in [0.1, 0.15) is 5.56 Å². The van der Waals surface area contributed by atoms with Gasteiger partial charge in [0.15, 0.2) is 0 Å². The lowest BCUT2D eigenvalue weighted by Crippen LogP contribution is -2.13. The fraction of sp³-hybridized carbons (Fsp3) is 0.357. The molecule has 0 aliphatic carbocycles. The van der Waals surface area contributed by atoms with Gasteiger partial charge in [0.25, 0.3) is 0 Å². The topological polar surface area (TPSA) is 56.8 Å². The maximum absolute atomic E-state index is 11.4. The van der Waals surface area contributed by atoms with Crippen LogP contribution >= 0.6 is 22.9 Å². The van der Waals surface area contributed by atoms with Crippen LogP contribution in [0.15, 0.2) is 30.3 Å². The third-order valence-corrected chi connectivity index (χ3v) is 2.88. The third kappa shape index (κ3) is 7.46. The van der Waals surface area contributed by atoms with Gasteiger partial charge in [0, 0.05) is 35.5 Å². The Morgan fingerprint density at radius 3 is 2.65 bits per heavy atom. The summed E-state index contributed by atoms with van der Waals surface area (Å²) < 4.78 is 18.2. The van der Waals surface area contributed by atoms with Gasteiger partial charge >= 0.3 is 5.97 Å². The van der Waals surface area contributed by atoms with Crippen LogP contribution in [0, 0.1) is 0 Å². The van der Waals surface area contributed by atoms with Crippen molar-refractivity contribution in [1.82, 2.24) is 3.53 Å². The first-order valence-electron chi connectivity index (χ1n) is 6.16. The summed E-state index contributed by atoms with van der Waals surface area (Å²) in [4.78, 5) is 11.4. The Morgan fingerprint density at radius 2 is 2.00 bits per heavy atom. The number of hydrogen-bond donors (Lipinski definition) is 1. The molecule has 0 radical (unpaired) electrons. The van der Waals surface area contributed by atoms with Gasteiger partial charge in [0.05, 0.1) is 20.3 Å². The van der Waals surface area contributed by atoms with Crippen molar-refractivity contribution >= 4 is 34.9 Å². The normalized spacial score (nSPS) is 10.7.